The lowest BCUT2D eigenvalue weighted by atomic mass is 9.95. The first-order chi connectivity index (χ1) is 9.24. The Labute approximate surface area is 119 Å². The fraction of sp³-hybridized carbons (Fsp3) is 0.462. The second kappa shape index (κ2) is 6.34. The van der Waals surface area contributed by atoms with Crippen LogP contribution >= 0.6 is 0 Å². The zero-order valence-corrected chi connectivity index (χ0v) is 12.5. The van der Waals surface area contributed by atoms with E-state index in [9.17, 15) is 13.2 Å². The summed E-state index contributed by atoms with van der Waals surface area (Å²) in [6.45, 7) is 4.00. The summed E-state index contributed by atoms with van der Waals surface area (Å²) >= 11 is 0. The summed E-state index contributed by atoms with van der Waals surface area (Å²) in [6, 6.07) is 5.45. The van der Waals surface area contributed by atoms with E-state index in [4.69, 9.17) is 11.5 Å². The first-order valence-corrected chi connectivity index (χ1v) is 7.91. The van der Waals surface area contributed by atoms with Crippen LogP contribution in [0.3, 0.4) is 0 Å². The van der Waals surface area contributed by atoms with E-state index in [1.165, 1.54) is 24.3 Å². The van der Waals surface area contributed by atoms with Crippen molar-refractivity contribution < 1.29 is 13.2 Å². The Bertz CT molecular complexity index is 563. The Kier molecular flexibility index (Phi) is 5.27. The maximum atomic E-state index is 12.1. The Morgan fingerprint density at radius 1 is 1.20 bits per heavy atom. The number of benzene rings is 1. The normalized spacial score (nSPS) is 12.3. The van der Waals surface area contributed by atoms with E-state index >= 15 is 0 Å². The van der Waals surface area contributed by atoms with Crippen molar-refractivity contribution in [2.75, 3.05) is 6.54 Å². The molecule has 5 N–H and O–H groups in total. The Morgan fingerprint density at radius 3 is 2.10 bits per heavy atom. The highest BCUT2D eigenvalue weighted by Gasteiger charge is 2.24. The molecular weight excluding hydrogens is 278 g/mol. The van der Waals surface area contributed by atoms with Crippen molar-refractivity contribution in [2.45, 2.75) is 37.1 Å². The van der Waals surface area contributed by atoms with Crippen LogP contribution in [0.1, 0.15) is 37.0 Å². The van der Waals surface area contributed by atoms with Crippen LogP contribution in [0, 0.1) is 0 Å². The van der Waals surface area contributed by atoms with Crippen molar-refractivity contribution in [1.82, 2.24) is 4.72 Å². The highest BCUT2D eigenvalue weighted by Crippen LogP contribution is 2.14. The van der Waals surface area contributed by atoms with E-state index in [1.807, 2.05) is 13.8 Å². The molecule has 1 amide bonds. The number of carbonyl (C=O) groups excluding carboxylic acids is 1. The molecular formula is C13H21N3O3S. The molecule has 0 bridgehead atoms. The van der Waals surface area contributed by atoms with E-state index in [0.29, 0.717) is 12.8 Å². The molecule has 0 aromatic heterocycles. The second-order valence-electron chi connectivity index (χ2n) is 4.78. The minimum absolute atomic E-state index is 0.0806. The number of sulfonamides is 1. The molecule has 0 radical (unpaired) electrons. The van der Waals surface area contributed by atoms with Crippen LogP contribution < -0.4 is 16.2 Å². The quantitative estimate of drug-likeness (QED) is 0.683. The van der Waals surface area contributed by atoms with Gasteiger partial charge in [-0.25, -0.2) is 13.1 Å². The van der Waals surface area contributed by atoms with Crippen LogP contribution in [-0.4, -0.2) is 26.4 Å². The van der Waals surface area contributed by atoms with E-state index in [1.54, 1.807) is 0 Å². The number of rotatable bonds is 7. The molecule has 0 saturated heterocycles. The summed E-state index contributed by atoms with van der Waals surface area (Å²) in [7, 11) is -3.64. The van der Waals surface area contributed by atoms with E-state index in [0.717, 1.165) is 0 Å². The number of carbonyl (C=O) groups is 1. The summed E-state index contributed by atoms with van der Waals surface area (Å²) in [6.07, 6.45) is 1.35. The van der Waals surface area contributed by atoms with Gasteiger partial charge in [0.2, 0.25) is 15.9 Å². The van der Waals surface area contributed by atoms with Crippen molar-refractivity contribution >= 4 is 15.9 Å². The minimum Gasteiger partial charge on any atom is -0.366 e. The number of hydrogen-bond acceptors (Lipinski definition) is 4. The van der Waals surface area contributed by atoms with Crippen molar-refractivity contribution in [3.8, 4) is 0 Å². The van der Waals surface area contributed by atoms with E-state index < -0.39 is 21.5 Å². The molecule has 0 unspecified atom stereocenters. The van der Waals surface area contributed by atoms with Crippen LogP contribution in [0.25, 0.3) is 0 Å². The average Bonchev–Trinajstić information content (AvgIpc) is 2.45. The van der Waals surface area contributed by atoms with Gasteiger partial charge in [-0.2, -0.15) is 0 Å². The molecule has 0 saturated carbocycles. The lowest BCUT2D eigenvalue weighted by molar-refractivity contribution is 0.1000. The van der Waals surface area contributed by atoms with Gasteiger partial charge in [0.25, 0.3) is 0 Å². The first-order valence-electron chi connectivity index (χ1n) is 6.42. The van der Waals surface area contributed by atoms with Gasteiger partial charge in [-0.15, -0.1) is 0 Å². The SMILES string of the molecule is CCC(N)(CC)CNS(=O)(=O)c1ccc(C(N)=O)cc1. The molecule has 0 fully saturated rings. The molecule has 0 atom stereocenters. The largest absolute Gasteiger partial charge is 0.366 e. The third-order valence-electron chi connectivity index (χ3n) is 3.47. The zero-order chi connectivity index (χ0) is 15.4. The number of nitrogens with one attached hydrogen (secondary N) is 1. The van der Waals surface area contributed by atoms with Crippen molar-refractivity contribution in [3.63, 3.8) is 0 Å². The molecule has 1 rings (SSSR count). The standard InChI is InChI=1S/C13H21N3O3S/c1-3-13(15,4-2)9-16-20(18,19)11-7-5-10(6-8-11)12(14)17/h5-8,16H,3-4,9,15H2,1-2H3,(H2,14,17). The average molecular weight is 299 g/mol. The van der Waals surface area contributed by atoms with Gasteiger partial charge < -0.3 is 11.5 Å². The minimum atomic E-state index is -3.64. The zero-order valence-electron chi connectivity index (χ0n) is 11.7. The number of amides is 1. The summed E-state index contributed by atoms with van der Waals surface area (Å²) in [5.74, 6) is -0.597. The topological polar surface area (TPSA) is 115 Å². The third-order valence-corrected chi connectivity index (χ3v) is 4.89. The molecule has 20 heavy (non-hydrogen) atoms. The van der Waals surface area contributed by atoms with Crippen molar-refractivity contribution in [3.05, 3.63) is 29.8 Å². The second-order valence-corrected chi connectivity index (χ2v) is 6.55. The molecule has 7 heteroatoms. The maximum Gasteiger partial charge on any atom is 0.248 e. The fourth-order valence-electron chi connectivity index (χ4n) is 1.62. The highest BCUT2D eigenvalue weighted by atomic mass is 32.2. The lowest BCUT2D eigenvalue weighted by Gasteiger charge is -2.26. The van der Waals surface area contributed by atoms with Crippen LogP contribution in [0.2, 0.25) is 0 Å². The summed E-state index contributed by atoms with van der Waals surface area (Å²) in [4.78, 5) is 11.0. The summed E-state index contributed by atoms with van der Waals surface area (Å²) in [5.41, 5.74) is 10.9. The van der Waals surface area contributed by atoms with Gasteiger partial charge in [0.1, 0.15) is 0 Å². The number of nitrogens with two attached hydrogens (primary N) is 2. The number of hydrogen-bond donors (Lipinski definition) is 3. The molecule has 1 aromatic carbocycles. The predicted octanol–water partition coefficient (Wildman–Crippen LogP) is 0.581. The van der Waals surface area contributed by atoms with Crippen LogP contribution in [0.4, 0.5) is 0 Å². The van der Waals surface area contributed by atoms with E-state index in [2.05, 4.69) is 4.72 Å². The molecule has 6 nitrogen and oxygen atoms in total. The van der Waals surface area contributed by atoms with Gasteiger partial charge in [0, 0.05) is 17.6 Å². The van der Waals surface area contributed by atoms with Crippen LogP contribution in [0.5, 0.6) is 0 Å². The fourth-order valence-corrected chi connectivity index (χ4v) is 2.76. The van der Waals surface area contributed by atoms with Gasteiger partial charge in [0.15, 0.2) is 0 Å². The monoisotopic (exact) mass is 299 g/mol. The molecule has 0 heterocycles. The molecule has 1 aromatic rings. The molecule has 112 valence electrons. The van der Waals surface area contributed by atoms with E-state index in [-0.39, 0.29) is 17.0 Å². The van der Waals surface area contributed by atoms with Gasteiger partial charge in [0.05, 0.1) is 4.90 Å². The number of primary amides is 1. The molecule has 0 aliphatic carbocycles. The van der Waals surface area contributed by atoms with Gasteiger partial charge in [-0.05, 0) is 37.1 Å². The summed E-state index contributed by atoms with van der Waals surface area (Å²) < 4.78 is 26.7. The Hall–Kier alpha value is -1.44. The van der Waals surface area contributed by atoms with Crippen molar-refractivity contribution in [1.29, 1.82) is 0 Å². The predicted molar refractivity (Wildman–Crippen MR) is 77.6 cm³/mol. The van der Waals surface area contributed by atoms with Crippen LogP contribution in [0.15, 0.2) is 29.2 Å². The Balaban J connectivity index is 2.86. The Morgan fingerprint density at radius 2 is 1.70 bits per heavy atom. The van der Waals surface area contributed by atoms with Crippen molar-refractivity contribution in [2.24, 2.45) is 11.5 Å². The van der Waals surface area contributed by atoms with Gasteiger partial charge in [-0.3, -0.25) is 4.79 Å². The molecule has 0 spiro atoms. The van der Waals surface area contributed by atoms with Gasteiger partial charge >= 0.3 is 0 Å². The highest BCUT2D eigenvalue weighted by molar-refractivity contribution is 7.89. The third kappa shape index (κ3) is 4.03. The maximum absolute atomic E-state index is 12.1. The smallest absolute Gasteiger partial charge is 0.248 e. The lowest BCUT2D eigenvalue weighted by Crippen LogP contribution is -2.49. The first kappa shape index (κ1) is 16.6. The molecule has 0 aliphatic heterocycles. The van der Waals surface area contributed by atoms with Crippen LogP contribution in [-0.2, 0) is 10.0 Å². The summed E-state index contributed by atoms with van der Waals surface area (Å²) in [5, 5.41) is 0. The molecule has 0 aliphatic rings. The van der Waals surface area contributed by atoms with Gasteiger partial charge in [-0.1, -0.05) is 13.8 Å².